The number of piperidine rings is 1. The van der Waals surface area contributed by atoms with Gasteiger partial charge in [-0.25, -0.2) is 4.98 Å². The average Bonchev–Trinajstić information content (AvgIpc) is 2.67. The van der Waals surface area contributed by atoms with E-state index in [0.29, 0.717) is 18.4 Å². The van der Waals surface area contributed by atoms with Crippen molar-refractivity contribution in [2.75, 3.05) is 31.6 Å². The molecule has 4 rings (SSSR count). The number of aromatic nitrogens is 2. The van der Waals surface area contributed by atoms with Gasteiger partial charge in [0.25, 0.3) is 0 Å². The predicted molar refractivity (Wildman–Crippen MR) is 116 cm³/mol. The zero-order chi connectivity index (χ0) is 19.7. The lowest BCUT2D eigenvalue weighted by molar-refractivity contribution is 0.109. The van der Waals surface area contributed by atoms with Crippen LogP contribution >= 0.6 is 12.6 Å². The molecule has 0 saturated carbocycles. The summed E-state index contributed by atoms with van der Waals surface area (Å²) in [5.41, 5.74) is 5.53. The Morgan fingerprint density at radius 1 is 1.25 bits per heavy atom. The van der Waals surface area contributed by atoms with Gasteiger partial charge in [0.05, 0.1) is 11.4 Å². The maximum atomic E-state index is 5.74. The number of rotatable bonds is 4. The Kier molecular flexibility index (Phi) is 5.52. The Bertz CT molecular complexity index is 834. The molecule has 2 aliphatic heterocycles. The number of fused-ring (bicyclic) bond motifs is 1. The van der Waals surface area contributed by atoms with Crippen LogP contribution in [0.25, 0.3) is 0 Å². The van der Waals surface area contributed by atoms with E-state index < -0.39 is 4.87 Å². The highest BCUT2D eigenvalue weighted by Crippen LogP contribution is 2.38. The molecule has 1 fully saturated rings. The van der Waals surface area contributed by atoms with Crippen LogP contribution in [0, 0.1) is 19.8 Å². The minimum atomic E-state index is -0.418. The number of nitrogens with one attached hydrogen (secondary N) is 1. The molecule has 0 spiro atoms. The van der Waals surface area contributed by atoms with Gasteiger partial charge in [0, 0.05) is 24.5 Å². The third kappa shape index (κ3) is 4.13. The average molecular weight is 399 g/mol. The van der Waals surface area contributed by atoms with Crippen molar-refractivity contribution < 1.29 is 4.74 Å². The highest BCUT2D eigenvalue weighted by Gasteiger charge is 2.35. The fourth-order valence-electron chi connectivity index (χ4n) is 4.44. The summed E-state index contributed by atoms with van der Waals surface area (Å²) in [5, 5.41) is 3.33. The van der Waals surface area contributed by atoms with E-state index >= 15 is 0 Å². The quantitative estimate of drug-likeness (QED) is 0.764. The van der Waals surface area contributed by atoms with Crippen LogP contribution in [0.5, 0.6) is 5.88 Å². The lowest BCUT2D eigenvalue weighted by Gasteiger charge is -2.42. The predicted octanol–water partition coefficient (Wildman–Crippen LogP) is 3.95. The van der Waals surface area contributed by atoms with Crippen LogP contribution in [-0.2, 0) is 11.3 Å². The molecular weight excluding hydrogens is 368 g/mol. The Labute approximate surface area is 173 Å². The SMILES string of the molecule is Cc1cc(C[C@H]2CCCN([C@@](C)(S)c3ccc4c(n3)OCCN4)C2)cc(C)n1. The maximum absolute atomic E-state index is 5.74. The van der Waals surface area contributed by atoms with Crippen molar-refractivity contribution in [3.05, 3.63) is 46.9 Å². The largest absolute Gasteiger partial charge is 0.474 e. The van der Waals surface area contributed by atoms with Gasteiger partial charge >= 0.3 is 0 Å². The molecule has 2 aromatic rings. The molecule has 0 unspecified atom stereocenters. The van der Waals surface area contributed by atoms with Gasteiger partial charge in [-0.15, -0.1) is 0 Å². The third-order valence-electron chi connectivity index (χ3n) is 5.80. The molecule has 28 heavy (non-hydrogen) atoms. The van der Waals surface area contributed by atoms with Crippen LogP contribution in [0.2, 0.25) is 0 Å². The summed E-state index contributed by atoms with van der Waals surface area (Å²) in [6.07, 6.45) is 3.54. The molecule has 2 atom stereocenters. The van der Waals surface area contributed by atoms with Gasteiger partial charge in [0.2, 0.25) is 5.88 Å². The van der Waals surface area contributed by atoms with Crippen LogP contribution in [0.3, 0.4) is 0 Å². The summed E-state index contributed by atoms with van der Waals surface area (Å²) in [6.45, 7) is 9.86. The Hall–Kier alpha value is -1.79. The summed E-state index contributed by atoms with van der Waals surface area (Å²) >= 11 is 5.06. The van der Waals surface area contributed by atoms with E-state index in [1.807, 2.05) is 0 Å². The number of anilines is 1. The molecule has 0 aromatic carbocycles. The molecule has 0 aliphatic carbocycles. The van der Waals surface area contributed by atoms with Crippen molar-refractivity contribution >= 4 is 18.3 Å². The van der Waals surface area contributed by atoms with E-state index in [1.54, 1.807) is 0 Å². The lowest BCUT2D eigenvalue weighted by atomic mass is 9.90. The normalized spacial score (nSPS) is 21.9. The molecule has 2 aromatic heterocycles. The summed E-state index contributed by atoms with van der Waals surface area (Å²) in [4.78, 5) is 11.3. The highest BCUT2D eigenvalue weighted by molar-refractivity contribution is 7.81. The molecule has 1 N–H and O–H groups in total. The fourth-order valence-corrected chi connectivity index (χ4v) is 4.75. The standard InChI is InChI=1S/C22H30N4OS/c1-15-11-18(12-16(2)24-15)13-17-5-4-9-26(14-17)22(3,28)20-7-6-19-21(25-20)27-10-8-23-19/h6-7,11-12,17,23,28H,4-5,8-10,13-14H2,1-3H3/t17-,22+/m1/s1. The van der Waals surface area contributed by atoms with Gasteiger partial charge in [-0.2, -0.15) is 12.6 Å². The summed E-state index contributed by atoms with van der Waals surface area (Å²) in [7, 11) is 0. The molecule has 0 radical (unpaired) electrons. The van der Waals surface area contributed by atoms with Crippen LogP contribution in [-0.4, -0.2) is 41.1 Å². The maximum Gasteiger partial charge on any atom is 0.237 e. The van der Waals surface area contributed by atoms with Crippen LogP contribution < -0.4 is 10.1 Å². The van der Waals surface area contributed by atoms with Gasteiger partial charge in [-0.05, 0) is 82.3 Å². The van der Waals surface area contributed by atoms with E-state index in [0.717, 1.165) is 48.8 Å². The molecule has 5 nitrogen and oxygen atoms in total. The minimum Gasteiger partial charge on any atom is -0.474 e. The van der Waals surface area contributed by atoms with E-state index in [4.69, 9.17) is 22.3 Å². The second-order valence-corrected chi connectivity index (χ2v) is 9.13. The van der Waals surface area contributed by atoms with Crippen molar-refractivity contribution in [1.82, 2.24) is 14.9 Å². The number of nitrogens with zero attached hydrogens (tertiary/aromatic N) is 3. The van der Waals surface area contributed by atoms with Crippen molar-refractivity contribution in [2.24, 2.45) is 5.92 Å². The highest BCUT2D eigenvalue weighted by atomic mass is 32.1. The minimum absolute atomic E-state index is 0.418. The van der Waals surface area contributed by atoms with Gasteiger partial charge in [0.1, 0.15) is 11.5 Å². The van der Waals surface area contributed by atoms with Crippen LogP contribution in [0.1, 0.15) is 42.4 Å². The molecule has 0 bridgehead atoms. The molecule has 6 heteroatoms. The van der Waals surface area contributed by atoms with Crippen molar-refractivity contribution in [2.45, 2.75) is 44.9 Å². The molecular formula is C22H30N4OS. The number of pyridine rings is 2. The molecule has 150 valence electrons. The zero-order valence-electron chi connectivity index (χ0n) is 17.0. The van der Waals surface area contributed by atoms with Crippen molar-refractivity contribution in [1.29, 1.82) is 0 Å². The monoisotopic (exact) mass is 398 g/mol. The molecule has 0 amide bonds. The molecule has 2 aliphatic rings. The topological polar surface area (TPSA) is 50.3 Å². The van der Waals surface area contributed by atoms with Crippen LogP contribution in [0.15, 0.2) is 24.3 Å². The Balaban J connectivity index is 1.50. The molecule has 4 heterocycles. The van der Waals surface area contributed by atoms with Gasteiger partial charge < -0.3 is 10.1 Å². The lowest BCUT2D eigenvalue weighted by Crippen LogP contribution is -2.46. The summed E-state index contributed by atoms with van der Waals surface area (Å²) in [6, 6.07) is 8.59. The van der Waals surface area contributed by atoms with Gasteiger partial charge in [0.15, 0.2) is 0 Å². The Morgan fingerprint density at radius 2 is 2.04 bits per heavy atom. The van der Waals surface area contributed by atoms with E-state index in [-0.39, 0.29) is 0 Å². The van der Waals surface area contributed by atoms with E-state index in [1.165, 1.54) is 18.4 Å². The van der Waals surface area contributed by atoms with Crippen LogP contribution in [0.4, 0.5) is 5.69 Å². The Morgan fingerprint density at radius 3 is 2.82 bits per heavy atom. The number of aryl methyl sites for hydroxylation is 2. The first-order valence-electron chi connectivity index (χ1n) is 10.2. The number of likely N-dealkylation sites (tertiary alicyclic amines) is 1. The first-order valence-corrected chi connectivity index (χ1v) is 10.7. The van der Waals surface area contributed by atoms with Crippen molar-refractivity contribution in [3.8, 4) is 5.88 Å². The number of hydrogen-bond donors (Lipinski definition) is 2. The smallest absolute Gasteiger partial charge is 0.237 e. The summed E-state index contributed by atoms with van der Waals surface area (Å²) < 4.78 is 5.74. The van der Waals surface area contributed by atoms with Gasteiger partial charge in [-0.1, -0.05) is 0 Å². The number of thiol groups is 1. The zero-order valence-corrected chi connectivity index (χ0v) is 17.9. The van der Waals surface area contributed by atoms with Gasteiger partial charge in [-0.3, -0.25) is 9.88 Å². The van der Waals surface area contributed by atoms with E-state index in [9.17, 15) is 0 Å². The first-order chi connectivity index (χ1) is 13.4. The van der Waals surface area contributed by atoms with Crippen molar-refractivity contribution in [3.63, 3.8) is 0 Å². The number of hydrogen-bond acceptors (Lipinski definition) is 6. The number of ether oxygens (including phenoxy) is 1. The molecule has 1 saturated heterocycles. The first kappa shape index (κ1) is 19.5. The summed E-state index contributed by atoms with van der Waals surface area (Å²) in [5.74, 6) is 1.32. The fraction of sp³-hybridized carbons (Fsp3) is 0.545. The second kappa shape index (κ2) is 7.91. The third-order valence-corrected chi connectivity index (χ3v) is 6.31. The van der Waals surface area contributed by atoms with E-state index in [2.05, 4.69) is 60.2 Å². The second-order valence-electron chi connectivity index (χ2n) is 8.26.